The zero-order valence-corrected chi connectivity index (χ0v) is 15.0. The molecule has 0 spiro atoms. The Bertz CT molecular complexity index is 738. The van der Waals surface area contributed by atoms with Gasteiger partial charge < -0.3 is 10.0 Å². The minimum absolute atomic E-state index is 0.0368. The number of amides is 1. The molecule has 1 saturated heterocycles. The first-order chi connectivity index (χ1) is 12.5. The highest BCUT2D eigenvalue weighted by atomic mass is 19.1. The van der Waals surface area contributed by atoms with Crippen molar-refractivity contribution < 1.29 is 14.3 Å². The Morgan fingerprint density at radius 3 is 2.58 bits per heavy atom. The van der Waals surface area contributed by atoms with E-state index in [9.17, 15) is 14.3 Å². The summed E-state index contributed by atoms with van der Waals surface area (Å²) in [5.41, 5.74) is 1.45. The van der Waals surface area contributed by atoms with Crippen molar-refractivity contribution in [1.29, 1.82) is 0 Å². The van der Waals surface area contributed by atoms with Crippen LogP contribution < -0.4 is 0 Å². The van der Waals surface area contributed by atoms with Crippen molar-refractivity contribution in [3.8, 4) is 0 Å². The highest BCUT2D eigenvalue weighted by Gasteiger charge is 2.28. The van der Waals surface area contributed by atoms with Gasteiger partial charge in [-0.3, -0.25) is 9.69 Å². The standard InChI is InChI=1S/C21H25FN2O2/c1-23(21(26)13-17-9-5-6-10-19(17)22)20(16-7-3-2-4-8-16)15-24-12-11-18(25)14-24/h2-10,18,20,25H,11-15H2,1H3. The Labute approximate surface area is 153 Å². The maximum Gasteiger partial charge on any atom is 0.227 e. The molecular formula is C21H25FN2O2. The van der Waals surface area contributed by atoms with E-state index in [-0.39, 0.29) is 30.3 Å². The number of carbonyl (C=O) groups is 1. The van der Waals surface area contributed by atoms with E-state index in [1.807, 2.05) is 30.3 Å². The predicted molar refractivity (Wildman–Crippen MR) is 99.1 cm³/mol. The van der Waals surface area contributed by atoms with Crippen LogP contribution in [0.15, 0.2) is 54.6 Å². The van der Waals surface area contributed by atoms with Crippen LogP contribution in [0.25, 0.3) is 0 Å². The molecule has 2 aromatic carbocycles. The number of rotatable bonds is 6. The Morgan fingerprint density at radius 2 is 1.92 bits per heavy atom. The van der Waals surface area contributed by atoms with Gasteiger partial charge in [0.1, 0.15) is 5.82 Å². The average Bonchev–Trinajstić information content (AvgIpc) is 3.06. The fourth-order valence-corrected chi connectivity index (χ4v) is 3.45. The van der Waals surface area contributed by atoms with Crippen LogP contribution in [0.1, 0.15) is 23.6 Å². The second-order valence-corrected chi connectivity index (χ2v) is 6.90. The van der Waals surface area contributed by atoms with Crippen LogP contribution in [0.4, 0.5) is 4.39 Å². The second-order valence-electron chi connectivity index (χ2n) is 6.90. The highest BCUT2D eigenvalue weighted by Crippen LogP contribution is 2.24. The summed E-state index contributed by atoms with van der Waals surface area (Å²) in [4.78, 5) is 16.7. The number of β-amino-alcohol motifs (C(OH)–C–C–N with tert-alkyl or cyclic N) is 1. The molecule has 3 rings (SSSR count). The van der Waals surface area contributed by atoms with Gasteiger partial charge in [0, 0.05) is 26.7 Å². The number of aliphatic hydroxyl groups is 1. The molecule has 2 unspecified atom stereocenters. The van der Waals surface area contributed by atoms with Gasteiger partial charge >= 0.3 is 0 Å². The SMILES string of the molecule is CN(C(=O)Cc1ccccc1F)C(CN1CCC(O)C1)c1ccccc1. The quantitative estimate of drug-likeness (QED) is 0.865. The molecule has 4 nitrogen and oxygen atoms in total. The van der Waals surface area contributed by atoms with E-state index in [0.29, 0.717) is 18.7 Å². The number of likely N-dealkylation sites (tertiary alicyclic amines) is 1. The van der Waals surface area contributed by atoms with Gasteiger partial charge in [0.05, 0.1) is 18.6 Å². The van der Waals surface area contributed by atoms with E-state index < -0.39 is 0 Å². The molecule has 1 heterocycles. The predicted octanol–water partition coefficient (Wildman–Crippen LogP) is 2.63. The summed E-state index contributed by atoms with van der Waals surface area (Å²) >= 11 is 0. The summed E-state index contributed by atoms with van der Waals surface area (Å²) in [7, 11) is 1.77. The maximum absolute atomic E-state index is 13.9. The summed E-state index contributed by atoms with van der Waals surface area (Å²) in [6.07, 6.45) is 0.495. The van der Waals surface area contributed by atoms with Gasteiger partial charge in [0.15, 0.2) is 0 Å². The Morgan fingerprint density at radius 1 is 1.23 bits per heavy atom. The first-order valence-corrected chi connectivity index (χ1v) is 8.99. The molecule has 0 aromatic heterocycles. The van der Waals surface area contributed by atoms with Crippen LogP contribution in [0.2, 0.25) is 0 Å². The molecule has 1 amide bonds. The lowest BCUT2D eigenvalue weighted by Crippen LogP contribution is -2.39. The van der Waals surface area contributed by atoms with Gasteiger partial charge in [-0.2, -0.15) is 0 Å². The van der Waals surface area contributed by atoms with Crippen molar-refractivity contribution >= 4 is 5.91 Å². The van der Waals surface area contributed by atoms with E-state index >= 15 is 0 Å². The molecule has 1 aliphatic heterocycles. The van der Waals surface area contributed by atoms with Crippen molar-refractivity contribution in [1.82, 2.24) is 9.80 Å². The molecule has 26 heavy (non-hydrogen) atoms. The minimum Gasteiger partial charge on any atom is -0.392 e. The smallest absolute Gasteiger partial charge is 0.227 e. The minimum atomic E-state index is -0.354. The molecular weight excluding hydrogens is 331 g/mol. The molecule has 2 aromatic rings. The van der Waals surface area contributed by atoms with Crippen LogP contribution in [0.3, 0.4) is 0 Å². The van der Waals surface area contributed by atoms with Gasteiger partial charge in [-0.05, 0) is 23.6 Å². The number of likely N-dealkylation sites (N-methyl/N-ethyl adjacent to an activating group) is 1. The van der Waals surface area contributed by atoms with Gasteiger partial charge in [-0.25, -0.2) is 4.39 Å². The highest BCUT2D eigenvalue weighted by molar-refractivity contribution is 5.79. The van der Waals surface area contributed by atoms with Gasteiger partial charge in [0.25, 0.3) is 0 Å². The van der Waals surface area contributed by atoms with E-state index in [1.165, 1.54) is 6.07 Å². The first kappa shape index (κ1) is 18.5. The summed E-state index contributed by atoms with van der Waals surface area (Å²) in [5, 5.41) is 9.79. The van der Waals surface area contributed by atoms with E-state index in [4.69, 9.17) is 0 Å². The summed E-state index contributed by atoms with van der Waals surface area (Å²) in [5.74, 6) is -0.475. The molecule has 0 radical (unpaired) electrons. The van der Waals surface area contributed by atoms with Crippen LogP contribution in [-0.4, -0.2) is 53.6 Å². The van der Waals surface area contributed by atoms with E-state index in [1.54, 1.807) is 30.1 Å². The van der Waals surface area contributed by atoms with E-state index in [0.717, 1.165) is 18.5 Å². The zero-order chi connectivity index (χ0) is 18.5. The molecule has 2 atom stereocenters. The van der Waals surface area contributed by atoms with Crippen molar-refractivity contribution in [2.75, 3.05) is 26.7 Å². The Hall–Kier alpha value is -2.24. The molecule has 1 aliphatic rings. The third-order valence-electron chi connectivity index (χ3n) is 5.02. The lowest BCUT2D eigenvalue weighted by molar-refractivity contribution is -0.131. The van der Waals surface area contributed by atoms with Crippen molar-refractivity contribution in [3.63, 3.8) is 0 Å². The van der Waals surface area contributed by atoms with E-state index in [2.05, 4.69) is 4.90 Å². The van der Waals surface area contributed by atoms with Gasteiger partial charge in [-0.15, -0.1) is 0 Å². The number of carbonyl (C=O) groups excluding carboxylic acids is 1. The number of nitrogens with zero attached hydrogens (tertiary/aromatic N) is 2. The first-order valence-electron chi connectivity index (χ1n) is 8.99. The molecule has 0 aliphatic carbocycles. The fourth-order valence-electron chi connectivity index (χ4n) is 3.45. The third kappa shape index (κ3) is 4.48. The number of benzene rings is 2. The molecule has 138 valence electrons. The van der Waals surface area contributed by atoms with Crippen molar-refractivity contribution in [3.05, 3.63) is 71.5 Å². The number of aliphatic hydroxyl groups excluding tert-OH is 1. The largest absolute Gasteiger partial charge is 0.392 e. The Balaban J connectivity index is 1.76. The maximum atomic E-state index is 13.9. The molecule has 0 saturated carbocycles. The lowest BCUT2D eigenvalue weighted by Gasteiger charge is -2.32. The Kier molecular flexibility index (Phi) is 6.01. The molecule has 1 fully saturated rings. The third-order valence-corrected chi connectivity index (χ3v) is 5.02. The normalized spacial score (nSPS) is 18.7. The number of halogens is 1. The van der Waals surface area contributed by atoms with Crippen LogP contribution >= 0.6 is 0 Å². The molecule has 5 heteroatoms. The lowest BCUT2D eigenvalue weighted by atomic mass is 10.0. The summed E-state index contributed by atoms with van der Waals surface area (Å²) in [6, 6.07) is 16.1. The summed E-state index contributed by atoms with van der Waals surface area (Å²) < 4.78 is 13.9. The average molecular weight is 356 g/mol. The van der Waals surface area contributed by atoms with Crippen LogP contribution in [0, 0.1) is 5.82 Å². The number of hydrogen-bond donors (Lipinski definition) is 1. The van der Waals surface area contributed by atoms with Crippen LogP contribution in [0.5, 0.6) is 0 Å². The van der Waals surface area contributed by atoms with Crippen LogP contribution in [-0.2, 0) is 11.2 Å². The zero-order valence-electron chi connectivity index (χ0n) is 15.0. The van der Waals surface area contributed by atoms with Crippen molar-refractivity contribution in [2.24, 2.45) is 0 Å². The van der Waals surface area contributed by atoms with Crippen molar-refractivity contribution in [2.45, 2.75) is 25.0 Å². The molecule has 1 N–H and O–H groups in total. The monoisotopic (exact) mass is 356 g/mol. The second kappa shape index (κ2) is 8.43. The topological polar surface area (TPSA) is 43.8 Å². The van der Waals surface area contributed by atoms with Gasteiger partial charge in [-0.1, -0.05) is 48.5 Å². The number of hydrogen-bond acceptors (Lipinski definition) is 3. The fraction of sp³-hybridized carbons (Fsp3) is 0.381. The summed E-state index contributed by atoms with van der Waals surface area (Å²) in [6.45, 7) is 2.10. The molecule has 0 bridgehead atoms. The van der Waals surface area contributed by atoms with Gasteiger partial charge in [0.2, 0.25) is 5.91 Å².